The molecule has 1 aromatic rings. The van der Waals surface area contributed by atoms with Gasteiger partial charge >= 0.3 is 0 Å². The van der Waals surface area contributed by atoms with Crippen LogP contribution < -0.4 is 11.1 Å². The summed E-state index contributed by atoms with van der Waals surface area (Å²) in [4.78, 5) is 4.33. The maximum atomic E-state index is 5.81. The molecule has 1 aliphatic carbocycles. The van der Waals surface area contributed by atoms with Gasteiger partial charge < -0.3 is 11.1 Å². The van der Waals surface area contributed by atoms with Crippen LogP contribution in [0, 0.1) is 5.92 Å². The van der Waals surface area contributed by atoms with E-state index in [1.807, 2.05) is 18.2 Å². The Morgan fingerprint density at radius 1 is 1.44 bits per heavy atom. The van der Waals surface area contributed by atoms with Crippen LogP contribution in [0.2, 0.25) is 0 Å². The molecule has 3 nitrogen and oxygen atoms in total. The minimum absolute atomic E-state index is 0. The Bertz CT molecular complexity index is 405. The highest BCUT2D eigenvalue weighted by molar-refractivity contribution is 14.0. The molecule has 100 valence electrons. The largest absolute Gasteiger partial charge is 0.370 e. The van der Waals surface area contributed by atoms with Crippen LogP contribution in [0.25, 0.3) is 0 Å². The van der Waals surface area contributed by atoms with E-state index in [-0.39, 0.29) is 24.0 Å². The Balaban J connectivity index is 0.00000162. The van der Waals surface area contributed by atoms with Gasteiger partial charge in [0, 0.05) is 11.0 Å². The normalized spacial score (nSPS) is 15.7. The fourth-order valence-electron chi connectivity index (χ4n) is 1.81. The van der Waals surface area contributed by atoms with Crippen molar-refractivity contribution in [1.82, 2.24) is 5.32 Å². The van der Waals surface area contributed by atoms with Crippen molar-refractivity contribution in [3.63, 3.8) is 0 Å². The van der Waals surface area contributed by atoms with Gasteiger partial charge in [-0.2, -0.15) is 0 Å². The topological polar surface area (TPSA) is 50.4 Å². The van der Waals surface area contributed by atoms with Crippen LogP contribution in [-0.2, 0) is 6.54 Å². The quantitative estimate of drug-likeness (QED) is 0.443. The molecule has 2 rings (SSSR count). The first kappa shape index (κ1) is 15.8. The number of guanidine groups is 1. The average molecular weight is 424 g/mol. The lowest BCUT2D eigenvalue weighted by Crippen LogP contribution is -2.37. The van der Waals surface area contributed by atoms with E-state index in [2.05, 4.69) is 32.3 Å². The van der Waals surface area contributed by atoms with Gasteiger partial charge in [-0.1, -0.05) is 34.5 Å². The SMILES string of the molecule is I.NC(=NCc1cccc(Br)c1)NCC1CCC1. The fraction of sp³-hybridized carbons (Fsp3) is 0.462. The van der Waals surface area contributed by atoms with E-state index in [1.54, 1.807) is 0 Å². The van der Waals surface area contributed by atoms with Gasteiger partial charge in [-0.15, -0.1) is 24.0 Å². The lowest BCUT2D eigenvalue weighted by Gasteiger charge is -2.25. The molecule has 0 aromatic heterocycles. The molecule has 1 aromatic carbocycles. The molecule has 0 heterocycles. The minimum Gasteiger partial charge on any atom is -0.370 e. The van der Waals surface area contributed by atoms with E-state index in [1.165, 1.54) is 19.3 Å². The van der Waals surface area contributed by atoms with E-state index in [4.69, 9.17) is 5.73 Å². The predicted octanol–water partition coefficient (Wildman–Crippen LogP) is 3.27. The molecule has 0 aliphatic heterocycles. The summed E-state index contributed by atoms with van der Waals surface area (Å²) < 4.78 is 1.08. The highest BCUT2D eigenvalue weighted by Crippen LogP contribution is 2.24. The van der Waals surface area contributed by atoms with E-state index in [0.717, 1.165) is 22.5 Å². The van der Waals surface area contributed by atoms with Gasteiger partial charge in [-0.3, -0.25) is 0 Å². The van der Waals surface area contributed by atoms with Gasteiger partial charge in [0.05, 0.1) is 6.54 Å². The van der Waals surface area contributed by atoms with Crippen molar-refractivity contribution in [2.24, 2.45) is 16.6 Å². The lowest BCUT2D eigenvalue weighted by atomic mass is 9.85. The molecule has 3 N–H and O–H groups in total. The van der Waals surface area contributed by atoms with Crippen molar-refractivity contribution in [2.45, 2.75) is 25.8 Å². The van der Waals surface area contributed by atoms with Crippen LogP contribution in [0.3, 0.4) is 0 Å². The molecule has 1 fully saturated rings. The third-order valence-corrected chi connectivity index (χ3v) is 3.61. The Kier molecular flexibility index (Phi) is 6.99. The zero-order valence-electron chi connectivity index (χ0n) is 10.2. The number of benzene rings is 1. The van der Waals surface area contributed by atoms with E-state index in [9.17, 15) is 0 Å². The first-order valence-corrected chi connectivity index (χ1v) is 6.81. The van der Waals surface area contributed by atoms with Gasteiger partial charge in [-0.25, -0.2) is 4.99 Å². The van der Waals surface area contributed by atoms with E-state index >= 15 is 0 Å². The van der Waals surface area contributed by atoms with Crippen LogP contribution in [0.4, 0.5) is 0 Å². The summed E-state index contributed by atoms with van der Waals surface area (Å²) in [6, 6.07) is 8.12. The molecule has 1 saturated carbocycles. The van der Waals surface area contributed by atoms with Crippen molar-refractivity contribution in [3.05, 3.63) is 34.3 Å². The van der Waals surface area contributed by atoms with Crippen LogP contribution in [-0.4, -0.2) is 12.5 Å². The summed E-state index contributed by atoms with van der Waals surface area (Å²) in [5.41, 5.74) is 6.97. The molecule has 5 heteroatoms. The second-order valence-electron chi connectivity index (χ2n) is 4.51. The van der Waals surface area contributed by atoms with Gasteiger partial charge in [0.2, 0.25) is 0 Å². The molecule has 0 atom stereocenters. The molecule has 1 aliphatic rings. The second kappa shape index (κ2) is 7.99. The molecular formula is C13H19BrIN3. The Hall–Kier alpha value is -0.300. The number of nitrogens with one attached hydrogen (secondary N) is 1. The maximum absolute atomic E-state index is 5.81. The monoisotopic (exact) mass is 423 g/mol. The Morgan fingerprint density at radius 2 is 2.22 bits per heavy atom. The van der Waals surface area contributed by atoms with Crippen molar-refractivity contribution in [1.29, 1.82) is 0 Å². The summed E-state index contributed by atoms with van der Waals surface area (Å²) in [6.07, 6.45) is 4.01. The first-order valence-electron chi connectivity index (χ1n) is 6.02. The molecule has 0 unspecified atom stereocenters. The highest BCUT2D eigenvalue weighted by atomic mass is 127. The fourth-order valence-corrected chi connectivity index (χ4v) is 2.26. The van der Waals surface area contributed by atoms with Gasteiger partial charge in [0.15, 0.2) is 5.96 Å². The summed E-state index contributed by atoms with van der Waals surface area (Å²) in [5.74, 6) is 1.35. The van der Waals surface area contributed by atoms with Crippen molar-refractivity contribution >= 4 is 45.9 Å². The molecule has 0 amide bonds. The van der Waals surface area contributed by atoms with Crippen molar-refractivity contribution in [3.8, 4) is 0 Å². The van der Waals surface area contributed by atoms with Gasteiger partial charge in [0.25, 0.3) is 0 Å². The average Bonchev–Trinajstić information content (AvgIpc) is 2.24. The molecule has 0 saturated heterocycles. The lowest BCUT2D eigenvalue weighted by molar-refractivity contribution is 0.315. The Labute approximate surface area is 134 Å². The number of nitrogens with zero attached hydrogens (tertiary/aromatic N) is 1. The number of nitrogens with two attached hydrogens (primary N) is 1. The smallest absolute Gasteiger partial charge is 0.188 e. The summed E-state index contributed by atoms with van der Waals surface area (Å²) in [6.45, 7) is 1.59. The molecule has 0 radical (unpaired) electrons. The Morgan fingerprint density at radius 3 is 2.83 bits per heavy atom. The number of halogens is 2. The molecule has 18 heavy (non-hydrogen) atoms. The number of hydrogen-bond acceptors (Lipinski definition) is 1. The summed E-state index contributed by atoms with van der Waals surface area (Å²) in [5, 5.41) is 3.19. The highest BCUT2D eigenvalue weighted by Gasteiger charge is 2.16. The zero-order valence-corrected chi connectivity index (χ0v) is 14.1. The summed E-state index contributed by atoms with van der Waals surface area (Å²) in [7, 11) is 0. The first-order chi connectivity index (χ1) is 8.24. The third-order valence-electron chi connectivity index (χ3n) is 3.12. The van der Waals surface area contributed by atoms with E-state index in [0.29, 0.717) is 12.5 Å². The van der Waals surface area contributed by atoms with Gasteiger partial charge in [-0.05, 0) is 36.5 Å². The second-order valence-corrected chi connectivity index (χ2v) is 5.42. The summed E-state index contributed by atoms with van der Waals surface area (Å²) >= 11 is 3.44. The molecular weight excluding hydrogens is 405 g/mol. The zero-order chi connectivity index (χ0) is 12.1. The number of rotatable bonds is 4. The predicted molar refractivity (Wildman–Crippen MR) is 90.2 cm³/mol. The van der Waals surface area contributed by atoms with Crippen LogP contribution >= 0.6 is 39.9 Å². The number of hydrogen-bond donors (Lipinski definition) is 2. The van der Waals surface area contributed by atoms with Crippen LogP contribution in [0.1, 0.15) is 24.8 Å². The van der Waals surface area contributed by atoms with Gasteiger partial charge in [0.1, 0.15) is 0 Å². The third kappa shape index (κ3) is 5.14. The van der Waals surface area contributed by atoms with Crippen molar-refractivity contribution in [2.75, 3.05) is 6.54 Å². The standard InChI is InChI=1S/C13H18BrN3.HI/c14-12-6-2-5-11(7-12)9-17-13(15)16-8-10-3-1-4-10;/h2,5-7,10H,1,3-4,8-9H2,(H3,15,16,17);1H. The molecule has 0 bridgehead atoms. The van der Waals surface area contributed by atoms with Crippen LogP contribution in [0.5, 0.6) is 0 Å². The van der Waals surface area contributed by atoms with Crippen LogP contribution in [0.15, 0.2) is 33.7 Å². The molecule has 0 spiro atoms. The maximum Gasteiger partial charge on any atom is 0.188 e. The minimum atomic E-state index is 0. The van der Waals surface area contributed by atoms with E-state index < -0.39 is 0 Å². The van der Waals surface area contributed by atoms with Crippen molar-refractivity contribution < 1.29 is 0 Å². The number of aliphatic imine (C=N–C) groups is 1.